The number of anilines is 1. The number of aliphatic hydroxyl groups is 1. The Bertz CT molecular complexity index is 1300. The highest BCUT2D eigenvalue weighted by molar-refractivity contribution is 5.91. The number of aromatic nitrogens is 1. The molecule has 0 amide bonds. The average molecular weight is 468 g/mol. The molecule has 3 aromatic rings. The number of alkyl halides is 3. The summed E-state index contributed by atoms with van der Waals surface area (Å²) in [4.78, 5) is 13.9. The lowest BCUT2D eigenvalue weighted by molar-refractivity contribution is -0.272. The molecule has 0 saturated heterocycles. The second kappa shape index (κ2) is 7.72. The summed E-state index contributed by atoms with van der Waals surface area (Å²) in [6.07, 6.45) is -5.78. The monoisotopic (exact) mass is 468 g/mol. The van der Waals surface area contributed by atoms with Gasteiger partial charge in [0.05, 0.1) is 11.6 Å². The van der Waals surface area contributed by atoms with Crippen LogP contribution < -0.4 is 10.9 Å². The molecule has 1 heterocycles. The molecule has 1 aromatic heterocycles. The van der Waals surface area contributed by atoms with Crippen LogP contribution >= 0.6 is 0 Å². The number of phenols is 1. The molecule has 0 radical (unpaired) electrons. The van der Waals surface area contributed by atoms with E-state index in [-0.39, 0.29) is 39.7 Å². The van der Waals surface area contributed by atoms with E-state index in [2.05, 4.69) is 10.3 Å². The van der Waals surface area contributed by atoms with Crippen molar-refractivity contribution in [3.63, 3.8) is 0 Å². The second-order valence-corrected chi connectivity index (χ2v) is 8.37. The van der Waals surface area contributed by atoms with E-state index in [1.54, 1.807) is 6.92 Å². The highest BCUT2D eigenvalue weighted by Crippen LogP contribution is 2.55. The summed E-state index contributed by atoms with van der Waals surface area (Å²) in [6, 6.07) is 3.83. The molecule has 2 aromatic carbocycles. The third-order valence-electron chi connectivity index (χ3n) is 6.37. The van der Waals surface area contributed by atoms with Gasteiger partial charge in [-0.2, -0.15) is 13.2 Å². The molecule has 4 N–H and O–H groups in total. The normalized spacial score (nSPS) is 22.9. The van der Waals surface area contributed by atoms with E-state index >= 15 is 0 Å². The molecule has 1 unspecified atom stereocenters. The Labute approximate surface area is 184 Å². The van der Waals surface area contributed by atoms with Crippen molar-refractivity contribution in [1.29, 1.82) is 0 Å². The minimum absolute atomic E-state index is 0.00755. The molecule has 0 aliphatic heterocycles. The van der Waals surface area contributed by atoms with Gasteiger partial charge >= 0.3 is 6.18 Å². The van der Waals surface area contributed by atoms with Gasteiger partial charge in [-0.3, -0.25) is 4.79 Å². The number of halogens is 5. The number of fused-ring (bicyclic) bond motifs is 2. The first-order chi connectivity index (χ1) is 15.4. The number of H-pyrrole nitrogens is 1. The van der Waals surface area contributed by atoms with Crippen molar-refractivity contribution in [3.8, 4) is 5.75 Å². The number of nitrogens with one attached hydrogen (secondary N) is 2. The van der Waals surface area contributed by atoms with Crippen molar-refractivity contribution in [3.05, 3.63) is 69.0 Å². The summed E-state index contributed by atoms with van der Waals surface area (Å²) in [5.74, 6) is -3.43. The first kappa shape index (κ1) is 23.0. The lowest BCUT2D eigenvalue weighted by Gasteiger charge is -2.46. The Morgan fingerprint density at radius 3 is 2.55 bits per heavy atom. The zero-order chi connectivity index (χ0) is 24.3. The quantitative estimate of drug-likeness (QED) is 0.400. The van der Waals surface area contributed by atoms with Crippen LogP contribution in [-0.4, -0.2) is 27.0 Å². The van der Waals surface area contributed by atoms with E-state index in [1.807, 2.05) is 0 Å². The van der Waals surface area contributed by atoms with Crippen LogP contribution in [0.15, 0.2) is 35.1 Å². The Hall–Kier alpha value is -3.14. The third-order valence-corrected chi connectivity index (χ3v) is 6.37. The minimum atomic E-state index is -5.09. The maximum Gasteiger partial charge on any atom is 0.419 e. The van der Waals surface area contributed by atoms with Gasteiger partial charge in [0.25, 0.3) is 0 Å². The number of pyridine rings is 1. The molecule has 0 spiro atoms. The van der Waals surface area contributed by atoms with Crippen LogP contribution in [-0.2, 0) is 0 Å². The van der Waals surface area contributed by atoms with Gasteiger partial charge in [0.15, 0.2) is 17.2 Å². The first-order valence-electron chi connectivity index (χ1n) is 10.3. The molecule has 176 valence electrons. The number of benzene rings is 2. The van der Waals surface area contributed by atoms with E-state index < -0.39 is 53.1 Å². The largest absolute Gasteiger partial charge is 0.505 e. The van der Waals surface area contributed by atoms with E-state index in [1.165, 1.54) is 25.1 Å². The lowest BCUT2D eigenvalue weighted by atomic mass is 9.68. The maximum atomic E-state index is 14.5. The fraction of sp³-hybridized carbons (Fsp3) is 0.348. The summed E-state index contributed by atoms with van der Waals surface area (Å²) < 4.78 is 71.5. The van der Waals surface area contributed by atoms with Crippen molar-refractivity contribution in [2.75, 3.05) is 5.32 Å². The van der Waals surface area contributed by atoms with E-state index in [0.29, 0.717) is 0 Å². The number of phenolic OH excluding ortho intramolecular Hbond substituents is 1. The lowest BCUT2D eigenvalue weighted by Crippen LogP contribution is -2.55. The number of hydrogen-bond acceptors (Lipinski definition) is 4. The highest BCUT2D eigenvalue weighted by Gasteiger charge is 2.62. The maximum absolute atomic E-state index is 14.5. The van der Waals surface area contributed by atoms with Crippen LogP contribution in [0, 0.1) is 18.6 Å². The molecular weight excluding hydrogens is 447 g/mol. The third kappa shape index (κ3) is 3.52. The predicted octanol–water partition coefficient (Wildman–Crippen LogP) is 5.16. The van der Waals surface area contributed by atoms with Crippen LogP contribution in [0.25, 0.3) is 10.9 Å². The minimum Gasteiger partial charge on any atom is -0.505 e. The first-order valence-corrected chi connectivity index (χ1v) is 10.3. The van der Waals surface area contributed by atoms with E-state index in [9.17, 15) is 37.0 Å². The zero-order valence-corrected chi connectivity index (χ0v) is 17.6. The summed E-state index contributed by atoms with van der Waals surface area (Å²) in [6.45, 7) is 2.88. The zero-order valence-electron chi connectivity index (χ0n) is 17.6. The van der Waals surface area contributed by atoms with Crippen LogP contribution in [0.3, 0.4) is 0 Å². The molecule has 5 nitrogen and oxygen atoms in total. The second-order valence-electron chi connectivity index (χ2n) is 8.37. The predicted molar refractivity (Wildman–Crippen MR) is 112 cm³/mol. The molecule has 1 aliphatic rings. The molecule has 33 heavy (non-hydrogen) atoms. The highest BCUT2D eigenvalue weighted by atomic mass is 19.4. The smallest absolute Gasteiger partial charge is 0.419 e. The van der Waals surface area contributed by atoms with E-state index in [4.69, 9.17) is 0 Å². The molecule has 10 heteroatoms. The van der Waals surface area contributed by atoms with Gasteiger partial charge in [-0.1, -0.05) is 13.0 Å². The molecule has 0 bridgehead atoms. The van der Waals surface area contributed by atoms with Gasteiger partial charge in [-0.25, -0.2) is 8.78 Å². The van der Waals surface area contributed by atoms with Crippen molar-refractivity contribution in [1.82, 2.24) is 4.98 Å². The van der Waals surface area contributed by atoms with Gasteiger partial charge in [-0.05, 0) is 55.0 Å². The van der Waals surface area contributed by atoms with Crippen LogP contribution in [0.4, 0.5) is 27.6 Å². The van der Waals surface area contributed by atoms with Gasteiger partial charge < -0.3 is 20.5 Å². The molecule has 4 rings (SSSR count). The van der Waals surface area contributed by atoms with Gasteiger partial charge in [-0.15, -0.1) is 0 Å². The summed E-state index contributed by atoms with van der Waals surface area (Å²) in [7, 11) is 0. The Balaban J connectivity index is 1.98. The summed E-state index contributed by atoms with van der Waals surface area (Å²) in [5, 5.41) is 24.2. The number of aromatic amines is 1. The SMILES string of the molecule is CC[C@H]1C[C@](O)(C(F)(F)F)C(Nc2ccc(F)c3[nH]c(=O)ccc23)c2cc(C)c(F)c(O)c21. The standard InChI is InChI=1S/C23H21F5N2O3/c1-3-11-9-22(33,23(26,27)28)21(13-8-10(2)18(25)20(32)17(11)13)29-15-6-5-14(24)19-12(15)4-7-16(31)30-19/h4-8,11,21,29,32-33H,3,9H2,1-2H3,(H,30,31)/t11-,21?,22+/m0/s1. The van der Waals surface area contributed by atoms with Crippen molar-refractivity contribution in [2.24, 2.45) is 0 Å². The van der Waals surface area contributed by atoms with Gasteiger partial charge in [0.2, 0.25) is 5.56 Å². The molecule has 1 aliphatic carbocycles. The Morgan fingerprint density at radius 1 is 1.21 bits per heavy atom. The van der Waals surface area contributed by atoms with Crippen LogP contribution in [0.5, 0.6) is 5.75 Å². The van der Waals surface area contributed by atoms with Crippen molar-refractivity contribution in [2.45, 2.75) is 50.4 Å². The van der Waals surface area contributed by atoms with Crippen LogP contribution in [0.1, 0.15) is 48.4 Å². The number of aryl methyl sites for hydroxylation is 1. The Morgan fingerprint density at radius 2 is 1.91 bits per heavy atom. The number of hydrogen-bond donors (Lipinski definition) is 4. The van der Waals surface area contributed by atoms with Crippen molar-refractivity contribution >= 4 is 16.6 Å². The summed E-state index contributed by atoms with van der Waals surface area (Å²) in [5.41, 5.74) is -4.29. The van der Waals surface area contributed by atoms with Crippen LogP contribution in [0.2, 0.25) is 0 Å². The fourth-order valence-electron chi connectivity index (χ4n) is 4.66. The number of rotatable bonds is 3. The molecular formula is C23H21F5N2O3. The van der Waals surface area contributed by atoms with Gasteiger partial charge in [0.1, 0.15) is 5.82 Å². The fourth-order valence-corrected chi connectivity index (χ4v) is 4.66. The number of aromatic hydroxyl groups is 1. The Kier molecular flexibility index (Phi) is 5.39. The molecule has 0 fully saturated rings. The average Bonchev–Trinajstić information content (AvgIpc) is 2.74. The topological polar surface area (TPSA) is 85.4 Å². The molecule has 3 atom stereocenters. The summed E-state index contributed by atoms with van der Waals surface area (Å²) >= 11 is 0. The van der Waals surface area contributed by atoms with E-state index in [0.717, 1.165) is 12.1 Å². The molecule has 0 saturated carbocycles. The van der Waals surface area contributed by atoms with Crippen molar-refractivity contribution < 1.29 is 32.2 Å². The van der Waals surface area contributed by atoms with Gasteiger partial charge in [0, 0.05) is 22.7 Å².